The zero-order chi connectivity index (χ0) is 17.4. The van der Waals surface area contributed by atoms with E-state index < -0.39 is 0 Å². The van der Waals surface area contributed by atoms with E-state index in [4.69, 9.17) is 0 Å². The topological polar surface area (TPSA) is 75.9 Å². The largest absolute Gasteiger partial charge is 0.334 e. The number of carbonyl (C=O) groups excluding carboxylic acids is 1. The molecule has 1 atom stereocenters. The smallest absolute Gasteiger partial charge is 0.276 e. The standard InChI is InChI=1S/C18H20N6O.2ClH/c1-12-11-23(10-9-19-12)18(25)17-13(2)24(22-21-17)16-7-3-6-15-14(16)5-4-8-20-15;;/h3-8,12,19H,9-11H2,1-2H3;2*1H. The lowest BCUT2D eigenvalue weighted by Crippen LogP contribution is -2.51. The Balaban J connectivity index is 0.00000131. The summed E-state index contributed by atoms with van der Waals surface area (Å²) in [5, 5.41) is 12.7. The maximum absolute atomic E-state index is 12.8. The number of hydrogen-bond acceptors (Lipinski definition) is 5. The Labute approximate surface area is 170 Å². The van der Waals surface area contributed by atoms with Crippen LogP contribution in [0.5, 0.6) is 0 Å². The molecule has 0 aliphatic carbocycles. The van der Waals surface area contributed by atoms with E-state index in [1.54, 1.807) is 10.9 Å². The molecule has 1 aromatic carbocycles. The third-order valence-electron chi connectivity index (χ3n) is 4.60. The van der Waals surface area contributed by atoms with Gasteiger partial charge in [-0.15, -0.1) is 29.9 Å². The molecule has 2 aromatic heterocycles. The quantitative estimate of drug-likeness (QED) is 0.704. The van der Waals surface area contributed by atoms with E-state index >= 15 is 0 Å². The van der Waals surface area contributed by atoms with Crippen molar-refractivity contribution in [1.82, 2.24) is 30.2 Å². The minimum Gasteiger partial charge on any atom is -0.334 e. The first kappa shape index (κ1) is 21.1. The number of aromatic nitrogens is 4. The van der Waals surface area contributed by atoms with E-state index in [1.165, 1.54) is 0 Å². The second-order valence-corrected chi connectivity index (χ2v) is 6.39. The Hall–Kier alpha value is -2.22. The lowest BCUT2D eigenvalue weighted by Gasteiger charge is -2.31. The van der Waals surface area contributed by atoms with Crippen LogP contribution in [0.4, 0.5) is 0 Å². The van der Waals surface area contributed by atoms with Gasteiger partial charge >= 0.3 is 0 Å². The van der Waals surface area contributed by atoms with Gasteiger partial charge < -0.3 is 10.2 Å². The third-order valence-corrected chi connectivity index (χ3v) is 4.60. The molecule has 27 heavy (non-hydrogen) atoms. The molecular formula is C18H22Cl2N6O. The van der Waals surface area contributed by atoms with Crippen molar-refractivity contribution in [3.63, 3.8) is 0 Å². The van der Waals surface area contributed by atoms with E-state index in [-0.39, 0.29) is 36.8 Å². The van der Waals surface area contributed by atoms with Crippen LogP contribution in [-0.4, -0.2) is 56.5 Å². The van der Waals surface area contributed by atoms with E-state index in [0.29, 0.717) is 18.8 Å². The fourth-order valence-electron chi connectivity index (χ4n) is 3.29. The summed E-state index contributed by atoms with van der Waals surface area (Å²) in [6, 6.07) is 10.0. The normalized spacial score (nSPS) is 16.5. The van der Waals surface area contributed by atoms with Gasteiger partial charge in [-0.2, -0.15) is 0 Å². The van der Waals surface area contributed by atoms with E-state index in [1.807, 2.05) is 42.2 Å². The van der Waals surface area contributed by atoms with Gasteiger partial charge in [-0.1, -0.05) is 11.3 Å². The Bertz CT molecular complexity index is 939. The Morgan fingerprint density at radius 2 is 2.04 bits per heavy atom. The molecule has 1 aliphatic rings. The van der Waals surface area contributed by atoms with Gasteiger partial charge in [-0.25, -0.2) is 4.68 Å². The molecule has 0 bridgehead atoms. The van der Waals surface area contributed by atoms with Crippen LogP contribution >= 0.6 is 24.8 Å². The number of hydrogen-bond donors (Lipinski definition) is 1. The molecule has 0 saturated carbocycles. The summed E-state index contributed by atoms with van der Waals surface area (Å²) in [6.07, 6.45) is 1.76. The van der Waals surface area contributed by atoms with Gasteiger partial charge in [-0.3, -0.25) is 9.78 Å². The maximum atomic E-state index is 12.8. The van der Waals surface area contributed by atoms with Gasteiger partial charge in [0.25, 0.3) is 5.91 Å². The monoisotopic (exact) mass is 408 g/mol. The predicted molar refractivity (Wildman–Crippen MR) is 109 cm³/mol. The number of carbonyl (C=O) groups is 1. The van der Waals surface area contributed by atoms with Crippen LogP contribution in [0, 0.1) is 6.92 Å². The molecule has 1 unspecified atom stereocenters. The SMILES string of the molecule is Cc1c(C(=O)N2CCNC(C)C2)nnn1-c1cccc2ncccc12.Cl.Cl. The number of nitrogens with one attached hydrogen (secondary N) is 1. The predicted octanol–water partition coefficient (Wildman–Crippen LogP) is 2.40. The fraction of sp³-hybridized carbons (Fsp3) is 0.333. The molecule has 9 heteroatoms. The molecule has 3 heterocycles. The highest BCUT2D eigenvalue weighted by Crippen LogP contribution is 2.22. The molecule has 1 fully saturated rings. The maximum Gasteiger partial charge on any atom is 0.276 e. The van der Waals surface area contributed by atoms with Crippen LogP contribution in [-0.2, 0) is 0 Å². The lowest BCUT2D eigenvalue weighted by atomic mass is 10.1. The van der Waals surface area contributed by atoms with E-state index in [9.17, 15) is 4.79 Å². The Kier molecular flexibility index (Phi) is 6.75. The van der Waals surface area contributed by atoms with Crippen molar-refractivity contribution in [2.75, 3.05) is 19.6 Å². The molecule has 1 amide bonds. The molecule has 1 saturated heterocycles. The Morgan fingerprint density at radius 1 is 1.22 bits per heavy atom. The minimum absolute atomic E-state index is 0. The summed E-state index contributed by atoms with van der Waals surface area (Å²) >= 11 is 0. The number of pyridine rings is 1. The average Bonchev–Trinajstić information content (AvgIpc) is 3.02. The zero-order valence-electron chi connectivity index (χ0n) is 15.1. The molecule has 4 rings (SSSR count). The van der Waals surface area contributed by atoms with Crippen molar-refractivity contribution >= 4 is 41.6 Å². The molecule has 7 nitrogen and oxygen atoms in total. The van der Waals surface area contributed by atoms with Crippen molar-refractivity contribution < 1.29 is 4.79 Å². The summed E-state index contributed by atoms with van der Waals surface area (Å²) in [5.74, 6) is -0.0598. The second kappa shape index (κ2) is 8.65. The van der Waals surface area contributed by atoms with Crippen LogP contribution in [0.15, 0.2) is 36.5 Å². The van der Waals surface area contributed by atoms with Crippen LogP contribution in [0.2, 0.25) is 0 Å². The lowest BCUT2D eigenvalue weighted by molar-refractivity contribution is 0.0702. The summed E-state index contributed by atoms with van der Waals surface area (Å²) < 4.78 is 1.73. The molecule has 1 aliphatic heterocycles. The van der Waals surface area contributed by atoms with Gasteiger partial charge in [0.1, 0.15) is 0 Å². The minimum atomic E-state index is -0.0598. The number of nitrogens with zero attached hydrogens (tertiary/aromatic N) is 5. The van der Waals surface area contributed by atoms with Gasteiger partial charge in [-0.05, 0) is 38.1 Å². The highest BCUT2D eigenvalue weighted by Gasteiger charge is 2.26. The fourth-order valence-corrected chi connectivity index (χ4v) is 3.29. The highest BCUT2D eigenvalue weighted by atomic mass is 35.5. The van der Waals surface area contributed by atoms with Crippen molar-refractivity contribution in [2.24, 2.45) is 0 Å². The number of piperazine rings is 1. The molecule has 144 valence electrons. The number of fused-ring (bicyclic) bond motifs is 1. The van der Waals surface area contributed by atoms with Gasteiger partial charge in [0.2, 0.25) is 0 Å². The van der Waals surface area contributed by atoms with Crippen molar-refractivity contribution in [3.8, 4) is 5.69 Å². The summed E-state index contributed by atoms with van der Waals surface area (Å²) in [6.45, 7) is 6.13. The second-order valence-electron chi connectivity index (χ2n) is 6.39. The van der Waals surface area contributed by atoms with Crippen LogP contribution in [0.3, 0.4) is 0 Å². The van der Waals surface area contributed by atoms with Crippen molar-refractivity contribution in [3.05, 3.63) is 47.9 Å². The van der Waals surface area contributed by atoms with Crippen molar-refractivity contribution in [1.29, 1.82) is 0 Å². The van der Waals surface area contributed by atoms with Crippen LogP contribution in [0.25, 0.3) is 16.6 Å². The Morgan fingerprint density at radius 3 is 2.81 bits per heavy atom. The van der Waals surface area contributed by atoms with Gasteiger partial charge in [0, 0.05) is 37.3 Å². The molecule has 0 spiro atoms. The molecule has 0 radical (unpaired) electrons. The first-order valence-corrected chi connectivity index (χ1v) is 8.44. The average molecular weight is 409 g/mol. The molecule has 3 aromatic rings. The summed E-state index contributed by atoms with van der Waals surface area (Å²) in [5.41, 5.74) is 2.92. The van der Waals surface area contributed by atoms with Gasteiger partial charge in [0.15, 0.2) is 5.69 Å². The zero-order valence-corrected chi connectivity index (χ0v) is 16.8. The number of amides is 1. The van der Waals surface area contributed by atoms with E-state index in [0.717, 1.165) is 28.8 Å². The van der Waals surface area contributed by atoms with Crippen molar-refractivity contribution in [2.45, 2.75) is 19.9 Å². The van der Waals surface area contributed by atoms with Gasteiger partial charge in [0.05, 0.1) is 16.9 Å². The van der Waals surface area contributed by atoms with E-state index in [2.05, 4.69) is 27.5 Å². The first-order valence-electron chi connectivity index (χ1n) is 8.44. The molecule has 1 N–H and O–H groups in total. The van der Waals surface area contributed by atoms with Crippen LogP contribution in [0.1, 0.15) is 23.1 Å². The number of benzene rings is 1. The summed E-state index contributed by atoms with van der Waals surface area (Å²) in [4.78, 5) is 19.1. The highest BCUT2D eigenvalue weighted by molar-refractivity contribution is 5.94. The number of rotatable bonds is 2. The number of halogens is 2. The molecular weight excluding hydrogens is 387 g/mol. The third kappa shape index (κ3) is 3.90. The summed E-state index contributed by atoms with van der Waals surface area (Å²) in [7, 11) is 0. The van der Waals surface area contributed by atoms with Crippen LogP contribution < -0.4 is 5.32 Å². The first-order chi connectivity index (χ1) is 12.1.